The van der Waals surface area contributed by atoms with Gasteiger partial charge in [0.15, 0.2) is 0 Å². The van der Waals surface area contributed by atoms with E-state index in [1.54, 1.807) is 0 Å². The number of ether oxygens (including phenoxy) is 2. The molecule has 0 aromatic heterocycles. The fraction of sp³-hybridized carbons (Fsp3) is 0.250. The summed E-state index contributed by atoms with van der Waals surface area (Å²) in [5.41, 5.74) is 3.32. The highest BCUT2D eigenvalue weighted by Gasteiger charge is 2.17. The smallest absolute Gasteiger partial charge is 0.129 e. The third-order valence-corrected chi connectivity index (χ3v) is 4.46. The minimum atomic E-state index is 0.462. The second kappa shape index (κ2) is 5.66. The van der Waals surface area contributed by atoms with Gasteiger partial charge in [0.25, 0.3) is 0 Å². The average Bonchev–Trinajstić information content (AvgIpc) is 2.88. The Morgan fingerprint density at radius 3 is 2.95 bits per heavy atom. The van der Waals surface area contributed by atoms with Gasteiger partial charge in [-0.05, 0) is 48.4 Å². The summed E-state index contributed by atoms with van der Waals surface area (Å²) < 4.78 is 12.6. The van der Waals surface area contributed by atoms with Gasteiger partial charge >= 0.3 is 0 Å². The third kappa shape index (κ3) is 2.79. The van der Waals surface area contributed by atoms with Crippen molar-refractivity contribution >= 4 is 27.5 Å². The molecule has 2 nitrogen and oxygen atoms in total. The van der Waals surface area contributed by atoms with E-state index < -0.39 is 0 Å². The first-order valence-electron chi connectivity index (χ1n) is 6.46. The largest absolute Gasteiger partial charge is 0.493 e. The lowest BCUT2D eigenvalue weighted by Crippen LogP contribution is -1.99. The van der Waals surface area contributed by atoms with Crippen LogP contribution in [0.25, 0.3) is 0 Å². The van der Waals surface area contributed by atoms with Crippen molar-refractivity contribution in [1.29, 1.82) is 0 Å². The van der Waals surface area contributed by atoms with Crippen LogP contribution in [0.4, 0.5) is 0 Å². The predicted octanol–water partition coefficient (Wildman–Crippen LogP) is 4.92. The van der Waals surface area contributed by atoms with Gasteiger partial charge in [0.1, 0.15) is 18.1 Å². The Morgan fingerprint density at radius 2 is 2.15 bits per heavy atom. The van der Waals surface area contributed by atoms with Gasteiger partial charge in [-0.25, -0.2) is 0 Å². The summed E-state index contributed by atoms with van der Waals surface area (Å²) in [6.45, 7) is 3.22. The lowest BCUT2D eigenvalue weighted by Gasteiger charge is -2.11. The minimum Gasteiger partial charge on any atom is -0.493 e. The zero-order valence-corrected chi connectivity index (χ0v) is 13.4. The van der Waals surface area contributed by atoms with Crippen LogP contribution >= 0.6 is 27.5 Å². The van der Waals surface area contributed by atoms with Crippen LogP contribution < -0.4 is 9.47 Å². The molecular weight excluding hydrogens is 340 g/mol. The lowest BCUT2D eigenvalue weighted by molar-refractivity contribution is 0.291. The molecule has 0 aliphatic carbocycles. The van der Waals surface area contributed by atoms with E-state index in [4.69, 9.17) is 21.1 Å². The van der Waals surface area contributed by atoms with Crippen molar-refractivity contribution in [3.8, 4) is 11.5 Å². The highest BCUT2D eigenvalue weighted by atomic mass is 79.9. The summed E-state index contributed by atoms with van der Waals surface area (Å²) in [6, 6.07) is 9.83. The number of hydrogen-bond acceptors (Lipinski definition) is 2. The van der Waals surface area contributed by atoms with E-state index in [1.807, 2.05) is 37.3 Å². The molecule has 0 bridgehead atoms. The van der Waals surface area contributed by atoms with Crippen LogP contribution in [0.1, 0.15) is 16.7 Å². The molecule has 0 N–H and O–H groups in total. The van der Waals surface area contributed by atoms with E-state index in [0.29, 0.717) is 6.61 Å². The maximum Gasteiger partial charge on any atom is 0.129 e. The second-order valence-electron chi connectivity index (χ2n) is 4.85. The molecule has 0 amide bonds. The Kier molecular flexibility index (Phi) is 3.90. The predicted molar refractivity (Wildman–Crippen MR) is 83.9 cm³/mol. The van der Waals surface area contributed by atoms with Crippen LogP contribution in [0.2, 0.25) is 5.02 Å². The standard InChI is InChI=1S/C16H14BrClO2/c1-10-6-14(2-3-15(10)17)20-9-12-8-13(18)7-11-4-5-19-16(11)12/h2-3,6-8H,4-5,9H2,1H3. The number of rotatable bonds is 3. The highest BCUT2D eigenvalue weighted by Crippen LogP contribution is 2.33. The maximum absolute atomic E-state index is 6.14. The maximum atomic E-state index is 6.14. The molecule has 1 aliphatic heterocycles. The van der Waals surface area contributed by atoms with Crippen molar-refractivity contribution < 1.29 is 9.47 Å². The molecule has 1 heterocycles. The normalized spacial score (nSPS) is 12.9. The summed E-state index contributed by atoms with van der Waals surface area (Å²) in [5.74, 6) is 1.78. The molecule has 0 spiro atoms. The molecule has 3 rings (SSSR count). The van der Waals surface area contributed by atoms with Crippen molar-refractivity contribution in [2.75, 3.05) is 6.61 Å². The van der Waals surface area contributed by atoms with Gasteiger partial charge in [0.2, 0.25) is 0 Å². The van der Waals surface area contributed by atoms with Gasteiger partial charge < -0.3 is 9.47 Å². The zero-order chi connectivity index (χ0) is 14.1. The molecule has 4 heteroatoms. The summed E-state index contributed by atoms with van der Waals surface area (Å²) >= 11 is 9.62. The van der Waals surface area contributed by atoms with Crippen molar-refractivity contribution in [3.63, 3.8) is 0 Å². The minimum absolute atomic E-state index is 0.462. The van der Waals surface area contributed by atoms with Crippen LogP contribution in [-0.4, -0.2) is 6.61 Å². The van der Waals surface area contributed by atoms with Crippen molar-refractivity contribution in [2.45, 2.75) is 20.0 Å². The van der Waals surface area contributed by atoms with Crippen LogP contribution in [0, 0.1) is 6.92 Å². The second-order valence-corrected chi connectivity index (χ2v) is 6.14. The Hall–Kier alpha value is -1.19. The number of fused-ring (bicyclic) bond motifs is 1. The number of halogens is 2. The summed E-state index contributed by atoms with van der Waals surface area (Å²) in [7, 11) is 0. The summed E-state index contributed by atoms with van der Waals surface area (Å²) in [6.07, 6.45) is 0.917. The van der Waals surface area contributed by atoms with E-state index in [0.717, 1.165) is 45.1 Å². The first-order valence-corrected chi connectivity index (χ1v) is 7.63. The first kappa shape index (κ1) is 13.8. The highest BCUT2D eigenvalue weighted by molar-refractivity contribution is 9.10. The van der Waals surface area contributed by atoms with Crippen LogP contribution in [-0.2, 0) is 13.0 Å². The monoisotopic (exact) mass is 352 g/mol. The van der Waals surface area contributed by atoms with Gasteiger partial charge in [-0.3, -0.25) is 0 Å². The van der Waals surface area contributed by atoms with Gasteiger partial charge in [-0.1, -0.05) is 27.5 Å². The molecule has 1 aliphatic rings. The molecule has 0 fully saturated rings. The van der Waals surface area contributed by atoms with Gasteiger partial charge in [-0.2, -0.15) is 0 Å². The fourth-order valence-electron chi connectivity index (χ4n) is 2.32. The van der Waals surface area contributed by atoms with E-state index >= 15 is 0 Å². The number of aryl methyl sites for hydroxylation is 1. The molecule has 20 heavy (non-hydrogen) atoms. The van der Waals surface area contributed by atoms with Crippen LogP contribution in [0.5, 0.6) is 11.5 Å². The molecule has 104 valence electrons. The van der Waals surface area contributed by atoms with Gasteiger partial charge in [0.05, 0.1) is 6.61 Å². The number of hydrogen-bond donors (Lipinski definition) is 0. The van der Waals surface area contributed by atoms with E-state index in [1.165, 1.54) is 5.56 Å². The Morgan fingerprint density at radius 1 is 1.30 bits per heavy atom. The molecule has 0 saturated carbocycles. The van der Waals surface area contributed by atoms with Gasteiger partial charge in [0, 0.05) is 21.5 Å². The molecule has 0 unspecified atom stereocenters. The molecule has 0 saturated heterocycles. The fourth-order valence-corrected chi connectivity index (χ4v) is 2.83. The molecule has 0 radical (unpaired) electrons. The summed E-state index contributed by atoms with van der Waals surface area (Å²) in [5, 5.41) is 0.736. The van der Waals surface area contributed by atoms with Gasteiger partial charge in [-0.15, -0.1) is 0 Å². The van der Waals surface area contributed by atoms with Crippen molar-refractivity contribution in [2.24, 2.45) is 0 Å². The van der Waals surface area contributed by atoms with E-state index in [2.05, 4.69) is 15.9 Å². The van der Waals surface area contributed by atoms with Crippen LogP contribution in [0.3, 0.4) is 0 Å². The average molecular weight is 354 g/mol. The Bertz CT molecular complexity index is 655. The lowest BCUT2D eigenvalue weighted by atomic mass is 10.1. The summed E-state index contributed by atoms with van der Waals surface area (Å²) in [4.78, 5) is 0. The zero-order valence-electron chi connectivity index (χ0n) is 11.1. The van der Waals surface area contributed by atoms with E-state index in [-0.39, 0.29) is 0 Å². The number of benzene rings is 2. The molecule has 0 atom stereocenters. The topological polar surface area (TPSA) is 18.5 Å². The first-order chi connectivity index (χ1) is 9.63. The molecule has 2 aromatic rings. The molecule has 2 aromatic carbocycles. The quantitative estimate of drug-likeness (QED) is 0.779. The Balaban J connectivity index is 1.80. The van der Waals surface area contributed by atoms with Crippen LogP contribution in [0.15, 0.2) is 34.8 Å². The van der Waals surface area contributed by atoms with Crippen molar-refractivity contribution in [3.05, 3.63) is 56.5 Å². The Labute approximate surface area is 131 Å². The SMILES string of the molecule is Cc1cc(OCc2cc(Cl)cc3c2OCC3)ccc1Br. The van der Waals surface area contributed by atoms with E-state index in [9.17, 15) is 0 Å². The molecular formula is C16H14BrClO2. The third-order valence-electron chi connectivity index (χ3n) is 3.35. The van der Waals surface area contributed by atoms with Crippen molar-refractivity contribution in [1.82, 2.24) is 0 Å².